The van der Waals surface area contributed by atoms with Crippen LogP contribution in [0, 0.1) is 5.82 Å². The normalized spacial score (nSPS) is 11.8. The predicted octanol–water partition coefficient (Wildman–Crippen LogP) is 2.44. The summed E-state index contributed by atoms with van der Waals surface area (Å²) in [5.74, 6) is -2.25. The van der Waals surface area contributed by atoms with Gasteiger partial charge < -0.3 is 10.6 Å². The first-order valence-electron chi connectivity index (χ1n) is 5.51. The van der Waals surface area contributed by atoms with E-state index in [-0.39, 0.29) is 11.7 Å². The van der Waals surface area contributed by atoms with Crippen LogP contribution in [0.2, 0.25) is 0 Å². The van der Waals surface area contributed by atoms with E-state index in [2.05, 4.69) is 26.6 Å². The number of hydrogen-bond acceptors (Lipinski definition) is 2. The van der Waals surface area contributed by atoms with Crippen LogP contribution in [0.15, 0.2) is 22.7 Å². The molecule has 1 rings (SSSR count). The van der Waals surface area contributed by atoms with Gasteiger partial charge in [0.25, 0.3) is 0 Å². The van der Waals surface area contributed by atoms with Crippen molar-refractivity contribution in [2.24, 2.45) is 0 Å². The predicted molar refractivity (Wildman–Crippen MR) is 70.6 cm³/mol. The molecule has 4 nitrogen and oxygen atoms in total. The molecule has 1 aromatic rings. The Labute approximate surface area is 113 Å². The average molecular weight is 317 g/mol. The molecule has 18 heavy (non-hydrogen) atoms. The number of hydrogen-bond donors (Lipinski definition) is 2. The standard InChI is InChI=1S/C12H14BrFN2O2/c1-3-7(2)15-11(17)12(18)16-10-5-4-8(13)6-9(10)14/h4-7H,3H2,1-2H3,(H,15,17)(H,16,18)/t7-/m0/s1. The highest BCUT2D eigenvalue weighted by molar-refractivity contribution is 9.10. The second-order valence-electron chi connectivity index (χ2n) is 3.86. The molecule has 6 heteroatoms. The fourth-order valence-corrected chi connectivity index (χ4v) is 1.49. The highest BCUT2D eigenvalue weighted by Crippen LogP contribution is 2.19. The Balaban J connectivity index is 2.67. The summed E-state index contributed by atoms with van der Waals surface area (Å²) in [6.07, 6.45) is 0.714. The molecule has 2 N–H and O–H groups in total. The molecule has 0 fully saturated rings. The van der Waals surface area contributed by atoms with Crippen LogP contribution in [0.4, 0.5) is 10.1 Å². The lowest BCUT2D eigenvalue weighted by Gasteiger charge is -2.11. The Morgan fingerprint density at radius 3 is 2.61 bits per heavy atom. The number of halogens is 2. The van der Waals surface area contributed by atoms with Gasteiger partial charge in [-0.05, 0) is 31.5 Å². The molecule has 0 saturated carbocycles. The van der Waals surface area contributed by atoms with E-state index in [1.54, 1.807) is 13.0 Å². The van der Waals surface area contributed by atoms with Gasteiger partial charge in [0.2, 0.25) is 0 Å². The van der Waals surface area contributed by atoms with Crippen LogP contribution in [0.5, 0.6) is 0 Å². The largest absolute Gasteiger partial charge is 0.345 e. The summed E-state index contributed by atoms with van der Waals surface area (Å²) in [7, 11) is 0. The minimum absolute atomic E-state index is 0.0255. The molecule has 98 valence electrons. The van der Waals surface area contributed by atoms with E-state index in [1.165, 1.54) is 12.1 Å². The van der Waals surface area contributed by atoms with Crippen molar-refractivity contribution in [3.63, 3.8) is 0 Å². The summed E-state index contributed by atoms with van der Waals surface area (Å²) < 4.78 is 14.0. The molecule has 1 aromatic carbocycles. The zero-order valence-corrected chi connectivity index (χ0v) is 11.7. The van der Waals surface area contributed by atoms with Crippen LogP contribution < -0.4 is 10.6 Å². The summed E-state index contributed by atoms with van der Waals surface area (Å²) in [6, 6.07) is 4.07. The number of rotatable bonds is 3. The molecule has 0 aliphatic carbocycles. The first-order chi connectivity index (χ1) is 8.43. The molecule has 0 aliphatic rings. The van der Waals surface area contributed by atoms with E-state index in [1.807, 2.05) is 6.92 Å². The summed E-state index contributed by atoms with van der Waals surface area (Å²) in [4.78, 5) is 22.9. The van der Waals surface area contributed by atoms with Gasteiger partial charge in [0.15, 0.2) is 0 Å². The maximum absolute atomic E-state index is 13.4. The SMILES string of the molecule is CC[C@H](C)NC(=O)C(=O)Nc1ccc(Br)cc1F. The summed E-state index contributed by atoms with van der Waals surface area (Å²) in [5, 5.41) is 4.72. The first kappa shape index (κ1) is 14.6. The van der Waals surface area contributed by atoms with Crippen molar-refractivity contribution < 1.29 is 14.0 Å². The molecular formula is C12H14BrFN2O2. The quantitative estimate of drug-likeness (QED) is 0.841. The first-order valence-corrected chi connectivity index (χ1v) is 6.30. The Bertz CT molecular complexity index is 465. The van der Waals surface area contributed by atoms with Gasteiger partial charge in [0, 0.05) is 10.5 Å². The smallest absolute Gasteiger partial charge is 0.313 e. The van der Waals surface area contributed by atoms with Gasteiger partial charge in [-0.2, -0.15) is 0 Å². The average Bonchev–Trinajstić information content (AvgIpc) is 2.32. The van der Waals surface area contributed by atoms with Crippen molar-refractivity contribution in [2.75, 3.05) is 5.32 Å². The van der Waals surface area contributed by atoms with Crippen molar-refractivity contribution in [2.45, 2.75) is 26.3 Å². The van der Waals surface area contributed by atoms with E-state index >= 15 is 0 Å². The minimum Gasteiger partial charge on any atom is -0.345 e. The number of carbonyl (C=O) groups excluding carboxylic acids is 2. The number of nitrogens with one attached hydrogen (secondary N) is 2. The van der Waals surface area contributed by atoms with E-state index in [0.717, 1.165) is 0 Å². The molecule has 0 bridgehead atoms. The third kappa shape index (κ3) is 4.10. The van der Waals surface area contributed by atoms with Crippen molar-refractivity contribution in [1.82, 2.24) is 5.32 Å². The molecule has 0 aliphatic heterocycles. The molecule has 0 radical (unpaired) electrons. The fourth-order valence-electron chi connectivity index (χ4n) is 1.16. The number of benzene rings is 1. The van der Waals surface area contributed by atoms with Gasteiger partial charge in [-0.25, -0.2) is 4.39 Å². The monoisotopic (exact) mass is 316 g/mol. The number of anilines is 1. The molecule has 2 amide bonds. The van der Waals surface area contributed by atoms with Gasteiger partial charge in [-0.1, -0.05) is 22.9 Å². The zero-order valence-electron chi connectivity index (χ0n) is 10.1. The third-order valence-electron chi connectivity index (χ3n) is 2.38. The van der Waals surface area contributed by atoms with Crippen LogP contribution >= 0.6 is 15.9 Å². The molecule has 0 aromatic heterocycles. The molecule has 0 saturated heterocycles. The van der Waals surface area contributed by atoms with Gasteiger partial charge in [-0.15, -0.1) is 0 Å². The molecule has 1 atom stereocenters. The highest BCUT2D eigenvalue weighted by Gasteiger charge is 2.16. The van der Waals surface area contributed by atoms with Crippen molar-refractivity contribution in [1.29, 1.82) is 0 Å². The Kier molecular flexibility index (Phi) is 5.27. The highest BCUT2D eigenvalue weighted by atomic mass is 79.9. The second-order valence-corrected chi connectivity index (χ2v) is 4.78. The molecule has 0 unspecified atom stereocenters. The molecule has 0 spiro atoms. The van der Waals surface area contributed by atoms with Gasteiger partial charge in [0.05, 0.1) is 5.69 Å². The minimum atomic E-state index is -0.878. The van der Waals surface area contributed by atoms with E-state index in [4.69, 9.17) is 0 Å². The lowest BCUT2D eigenvalue weighted by Crippen LogP contribution is -2.40. The summed E-state index contributed by atoms with van der Waals surface area (Å²) in [5.41, 5.74) is -0.0255. The topological polar surface area (TPSA) is 58.2 Å². The van der Waals surface area contributed by atoms with Crippen LogP contribution in [0.25, 0.3) is 0 Å². The van der Waals surface area contributed by atoms with Gasteiger partial charge >= 0.3 is 11.8 Å². The van der Waals surface area contributed by atoms with E-state index < -0.39 is 17.6 Å². The van der Waals surface area contributed by atoms with Crippen molar-refractivity contribution in [3.05, 3.63) is 28.5 Å². The zero-order chi connectivity index (χ0) is 13.7. The van der Waals surface area contributed by atoms with Crippen LogP contribution in [-0.4, -0.2) is 17.9 Å². The second kappa shape index (κ2) is 6.49. The van der Waals surface area contributed by atoms with Gasteiger partial charge in [-0.3, -0.25) is 9.59 Å². The van der Waals surface area contributed by atoms with Crippen LogP contribution in [0.3, 0.4) is 0 Å². The van der Waals surface area contributed by atoms with Crippen molar-refractivity contribution >= 4 is 33.4 Å². The van der Waals surface area contributed by atoms with E-state index in [0.29, 0.717) is 10.9 Å². The Morgan fingerprint density at radius 2 is 2.06 bits per heavy atom. The lowest BCUT2D eigenvalue weighted by atomic mass is 10.2. The van der Waals surface area contributed by atoms with Crippen LogP contribution in [0.1, 0.15) is 20.3 Å². The molecule has 0 heterocycles. The van der Waals surface area contributed by atoms with Crippen molar-refractivity contribution in [3.8, 4) is 0 Å². The third-order valence-corrected chi connectivity index (χ3v) is 2.87. The Hall–Kier alpha value is -1.43. The Morgan fingerprint density at radius 1 is 1.39 bits per heavy atom. The fraction of sp³-hybridized carbons (Fsp3) is 0.333. The lowest BCUT2D eigenvalue weighted by molar-refractivity contribution is -0.136. The number of carbonyl (C=O) groups is 2. The summed E-state index contributed by atoms with van der Waals surface area (Å²) in [6.45, 7) is 3.67. The van der Waals surface area contributed by atoms with Crippen LogP contribution in [-0.2, 0) is 9.59 Å². The maximum Gasteiger partial charge on any atom is 0.313 e. The van der Waals surface area contributed by atoms with E-state index in [9.17, 15) is 14.0 Å². The molecular weight excluding hydrogens is 303 g/mol. The van der Waals surface area contributed by atoms with Gasteiger partial charge in [0.1, 0.15) is 5.82 Å². The maximum atomic E-state index is 13.4. The summed E-state index contributed by atoms with van der Waals surface area (Å²) >= 11 is 3.10. The number of amides is 2.